The third-order valence-electron chi connectivity index (χ3n) is 2.32. The summed E-state index contributed by atoms with van der Waals surface area (Å²) in [4.78, 5) is 16.5. The van der Waals surface area contributed by atoms with Gasteiger partial charge < -0.3 is 4.52 Å². The molecule has 5 nitrogen and oxygen atoms in total. The fraction of sp³-hybridized carbons (Fsp3) is 0.636. The molecule has 0 bridgehead atoms. The Kier molecular flexibility index (Phi) is 3.24. The van der Waals surface area contributed by atoms with Crippen LogP contribution in [-0.2, 0) is 4.84 Å². The van der Waals surface area contributed by atoms with Crippen LogP contribution in [0.5, 0.6) is 0 Å². The van der Waals surface area contributed by atoms with E-state index in [0.717, 1.165) is 18.6 Å². The van der Waals surface area contributed by atoms with Gasteiger partial charge in [-0.05, 0) is 18.8 Å². The van der Waals surface area contributed by atoms with E-state index in [4.69, 9.17) is 9.36 Å². The largest absolute Gasteiger partial charge is 0.360 e. The maximum Gasteiger partial charge on any atom is 0.297 e. The van der Waals surface area contributed by atoms with Gasteiger partial charge in [-0.3, -0.25) is 9.63 Å². The molecular weight excluding hydrogens is 208 g/mol. The minimum absolute atomic E-state index is 0.283. The molecule has 1 aromatic rings. The summed E-state index contributed by atoms with van der Waals surface area (Å²) >= 11 is 0. The number of nitrogens with zero attached hydrogens (tertiary/aromatic N) is 1. The van der Waals surface area contributed by atoms with E-state index >= 15 is 0 Å². The lowest BCUT2D eigenvalue weighted by atomic mass is 10.2. The molecular formula is C11H16N2O3. The lowest BCUT2D eigenvalue weighted by molar-refractivity contribution is 0.0202. The molecule has 16 heavy (non-hydrogen) atoms. The molecule has 0 radical (unpaired) electrons. The van der Waals surface area contributed by atoms with Crippen LogP contribution in [0.2, 0.25) is 0 Å². The predicted molar refractivity (Wildman–Crippen MR) is 56.7 cm³/mol. The van der Waals surface area contributed by atoms with Crippen molar-refractivity contribution >= 4 is 5.91 Å². The Morgan fingerprint density at radius 2 is 2.44 bits per heavy atom. The van der Waals surface area contributed by atoms with Gasteiger partial charge in [-0.25, -0.2) is 5.48 Å². The van der Waals surface area contributed by atoms with E-state index in [1.54, 1.807) is 6.07 Å². The van der Waals surface area contributed by atoms with Crippen LogP contribution in [0.3, 0.4) is 0 Å². The Balaban J connectivity index is 1.83. The van der Waals surface area contributed by atoms with Gasteiger partial charge in [0.1, 0.15) is 5.76 Å². The summed E-state index contributed by atoms with van der Waals surface area (Å²) in [5.74, 6) is 1.29. The molecule has 0 aromatic carbocycles. The van der Waals surface area contributed by atoms with Gasteiger partial charge in [0.2, 0.25) is 0 Å². The molecule has 1 N–H and O–H groups in total. The quantitative estimate of drug-likeness (QED) is 0.775. The maximum absolute atomic E-state index is 11.5. The van der Waals surface area contributed by atoms with Crippen molar-refractivity contribution < 1.29 is 14.2 Å². The lowest BCUT2D eigenvalue weighted by Gasteiger charge is -2.05. The van der Waals surface area contributed by atoms with E-state index in [2.05, 4.69) is 10.6 Å². The highest BCUT2D eigenvalue weighted by molar-refractivity contribution is 5.91. The van der Waals surface area contributed by atoms with Crippen LogP contribution in [0, 0.1) is 5.92 Å². The molecule has 5 heteroatoms. The molecule has 1 heterocycles. The van der Waals surface area contributed by atoms with Crippen molar-refractivity contribution in [3.63, 3.8) is 0 Å². The smallest absolute Gasteiger partial charge is 0.297 e. The van der Waals surface area contributed by atoms with Gasteiger partial charge in [0.25, 0.3) is 5.91 Å². The molecule has 1 aliphatic carbocycles. The van der Waals surface area contributed by atoms with Gasteiger partial charge in [-0.15, -0.1) is 0 Å². The molecule has 1 aliphatic rings. The number of aromatic nitrogens is 1. The summed E-state index contributed by atoms with van der Waals surface area (Å²) in [6.45, 7) is 4.50. The van der Waals surface area contributed by atoms with E-state index in [0.29, 0.717) is 18.4 Å². The Morgan fingerprint density at radius 3 is 3.06 bits per heavy atom. The molecule has 0 aliphatic heterocycles. The van der Waals surface area contributed by atoms with Crippen LogP contribution >= 0.6 is 0 Å². The van der Waals surface area contributed by atoms with Crippen LogP contribution in [-0.4, -0.2) is 17.7 Å². The lowest BCUT2D eigenvalue weighted by Crippen LogP contribution is -2.25. The Labute approximate surface area is 94.1 Å². The van der Waals surface area contributed by atoms with Crippen molar-refractivity contribution in [2.75, 3.05) is 6.61 Å². The van der Waals surface area contributed by atoms with Gasteiger partial charge in [-0.1, -0.05) is 19.0 Å². The van der Waals surface area contributed by atoms with Crippen molar-refractivity contribution in [2.45, 2.75) is 32.6 Å². The normalized spacial score (nSPS) is 15.4. The summed E-state index contributed by atoms with van der Waals surface area (Å²) in [5, 5.41) is 3.71. The molecule has 1 amide bonds. The summed E-state index contributed by atoms with van der Waals surface area (Å²) in [7, 11) is 0. The molecule has 0 unspecified atom stereocenters. The highest BCUT2D eigenvalue weighted by Crippen LogP contribution is 2.40. The Bertz CT molecular complexity index is 369. The average molecular weight is 224 g/mol. The minimum Gasteiger partial charge on any atom is -0.360 e. The number of amides is 1. The van der Waals surface area contributed by atoms with Gasteiger partial charge in [0, 0.05) is 12.0 Å². The fourth-order valence-electron chi connectivity index (χ4n) is 1.28. The molecule has 2 rings (SSSR count). The maximum atomic E-state index is 11.5. The van der Waals surface area contributed by atoms with Crippen LogP contribution < -0.4 is 5.48 Å². The zero-order valence-electron chi connectivity index (χ0n) is 9.53. The highest BCUT2D eigenvalue weighted by atomic mass is 16.7. The van der Waals surface area contributed by atoms with Gasteiger partial charge in [0.15, 0.2) is 5.69 Å². The molecule has 0 atom stereocenters. The summed E-state index contributed by atoms with van der Waals surface area (Å²) in [5.41, 5.74) is 2.62. The SMILES string of the molecule is CC(C)CONC(=O)c1cc(C2CC2)on1. The second-order valence-electron chi connectivity index (χ2n) is 4.52. The first-order valence-corrected chi connectivity index (χ1v) is 5.55. The Hall–Kier alpha value is -1.36. The molecule has 0 saturated heterocycles. The number of rotatable bonds is 5. The van der Waals surface area contributed by atoms with Crippen LogP contribution in [0.1, 0.15) is 48.9 Å². The van der Waals surface area contributed by atoms with Crippen molar-refractivity contribution in [3.05, 3.63) is 17.5 Å². The fourth-order valence-corrected chi connectivity index (χ4v) is 1.28. The third-order valence-corrected chi connectivity index (χ3v) is 2.32. The topological polar surface area (TPSA) is 64.4 Å². The monoisotopic (exact) mass is 224 g/mol. The van der Waals surface area contributed by atoms with Crippen molar-refractivity contribution in [1.29, 1.82) is 0 Å². The van der Waals surface area contributed by atoms with Crippen LogP contribution in [0.4, 0.5) is 0 Å². The number of hydrogen-bond donors (Lipinski definition) is 1. The molecule has 88 valence electrons. The third kappa shape index (κ3) is 2.82. The van der Waals surface area contributed by atoms with Gasteiger partial charge in [-0.2, -0.15) is 0 Å². The summed E-state index contributed by atoms with van der Waals surface area (Å²) in [6, 6.07) is 1.69. The van der Waals surface area contributed by atoms with E-state index in [9.17, 15) is 4.79 Å². The number of nitrogens with one attached hydrogen (secondary N) is 1. The predicted octanol–water partition coefficient (Wildman–Crippen LogP) is 1.87. The number of hydroxylamine groups is 1. The number of hydrogen-bond acceptors (Lipinski definition) is 4. The van der Waals surface area contributed by atoms with Crippen molar-refractivity contribution in [1.82, 2.24) is 10.6 Å². The summed E-state index contributed by atoms with van der Waals surface area (Å²) < 4.78 is 5.07. The van der Waals surface area contributed by atoms with E-state index in [1.807, 2.05) is 13.8 Å². The number of carbonyl (C=O) groups excluding carboxylic acids is 1. The zero-order valence-corrected chi connectivity index (χ0v) is 9.53. The second kappa shape index (κ2) is 4.65. The molecule has 0 spiro atoms. The molecule has 1 aromatic heterocycles. The zero-order chi connectivity index (χ0) is 11.5. The average Bonchev–Trinajstić information content (AvgIpc) is 2.96. The molecule has 1 saturated carbocycles. The van der Waals surface area contributed by atoms with Gasteiger partial charge in [0.05, 0.1) is 6.61 Å². The minimum atomic E-state index is -0.351. The highest BCUT2D eigenvalue weighted by Gasteiger charge is 2.28. The first-order chi connectivity index (χ1) is 7.66. The Morgan fingerprint density at radius 1 is 1.69 bits per heavy atom. The van der Waals surface area contributed by atoms with E-state index in [-0.39, 0.29) is 11.6 Å². The van der Waals surface area contributed by atoms with Gasteiger partial charge >= 0.3 is 0 Å². The first-order valence-electron chi connectivity index (χ1n) is 5.55. The van der Waals surface area contributed by atoms with Crippen LogP contribution in [0.25, 0.3) is 0 Å². The first kappa shape index (κ1) is 11.1. The second-order valence-corrected chi connectivity index (χ2v) is 4.52. The summed E-state index contributed by atoms with van der Waals surface area (Å²) in [6.07, 6.45) is 2.25. The van der Waals surface area contributed by atoms with Crippen LogP contribution in [0.15, 0.2) is 10.6 Å². The van der Waals surface area contributed by atoms with Crippen molar-refractivity contribution in [3.8, 4) is 0 Å². The van der Waals surface area contributed by atoms with E-state index in [1.165, 1.54) is 0 Å². The number of carbonyl (C=O) groups is 1. The molecule has 1 fully saturated rings. The standard InChI is InChI=1S/C11H16N2O3/c1-7(2)6-15-13-11(14)9-5-10(16-12-9)8-3-4-8/h5,7-8H,3-4,6H2,1-2H3,(H,13,14). The van der Waals surface area contributed by atoms with E-state index < -0.39 is 0 Å². The van der Waals surface area contributed by atoms with Crippen molar-refractivity contribution in [2.24, 2.45) is 5.92 Å².